The third kappa shape index (κ3) is 4.53. The second kappa shape index (κ2) is 8.06. The van der Waals surface area contributed by atoms with Crippen molar-refractivity contribution in [2.75, 3.05) is 13.1 Å². The van der Waals surface area contributed by atoms with Gasteiger partial charge in [-0.15, -0.1) is 0 Å². The zero-order valence-corrected chi connectivity index (χ0v) is 15.5. The molecule has 0 bridgehead atoms. The molecule has 0 aliphatic carbocycles. The zero-order chi connectivity index (χ0) is 28.2. The van der Waals surface area contributed by atoms with E-state index in [-0.39, 0.29) is 22.4 Å². The fourth-order valence-electron chi connectivity index (χ4n) is 2.58. The predicted octanol–water partition coefficient (Wildman–Crippen LogP) is 4.17. The van der Waals surface area contributed by atoms with Crippen LogP contribution >= 0.6 is 0 Å². The van der Waals surface area contributed by atoms with E-state index in [0.29, 0.717) is 11.8 Å². The highest BCUT2D eigenvalue weighted by Gasteiger charge is 2.25. The van der Waals surface area contributed by atoms with Gasteiger partial charge in [0.1, 0.15) is 23.9 Å². The Morgan fingerprint density at radius 2 is 2.00 bits per heavy atom. The van der Waals surface area contributed by atoms with Crippen LogP contribution in [0.3, 0.4) is 0 Å². The maximum Gasteiger partial charge on any atom is 0.394 e. The van der Waals surface area contributed by atoms with Crippen molar-refractivity contribution in [3.05, 3.63) is 72.2 Å². The summed E-state index contributed by atoms with van der Waals surface area (Å²) in [6.45, 7) is -5.69. The molecule has 3 aromatic rings. The van der Waals surface area contributed by atoms with Crippen molar-refractivity contribution >= 4 is 5.91 Å². The van der Waals surface area contributed by atoms with Crippen LogP contribution < -0.4 is 9.47 Å². The average molecular weight is 419 g/mol. The van der Waals surface area contributed by atoms with Crippen LogP contribution in [0.5, 0.6) is 11.5 Å². The topological polar surface area (TPSA) is 64.6 Å². The lowest BCUT2D eigenvalue weighted by Crippen LogP contribution is -2.32. The monoisotopic (exact) mass is 419 g/mol. The lowest BCUT2D eigenvalue weighted by molar-refractivity contribution is -0.158. The Balaban J connectivity index is 1.87. The van der Waals surface area contributed by atoms with Gasteiger partial charge in [-0.25, -0.2) is 9.97 Å². The van der Waals surface area contributed by atoms with Crippen molar-refractivity contribution in [1.29, 1.82) is 0 Å². The van der Waals surface area contributed by atoms with E-state index in [1.807, 2.05) is 0 Å². The number of nitrogens with zero attached hydrogens (tertiary/aromatic N) is 3. The van der Waals surface area contributed by atoms with E-state index < -0.39 is 67.4 Å². The van der Waals surface area contributed by atoms with Gasteiger partial charge in [-0.05, 0) is 41.4 Å². The van der Waals surface area contributed by atoms with Crippen LogP contribution in [-0.2, 0) is 6.50 Å². The van der Waals surface area contributed by atoms with Gasteiger partial charge in [-0.2, -0.15) is 8.78 Å². The van der Waals surface area contributed by atoms with Crippen LogP contribution in [0.4, 0.5) is 8.78 Å². The molecule has 0 N–H and O–H groups in total. The lowest BCUT2D eigenvalue weighted by Gasteiger charge is -2.19. The van der Waals surface area contributed by atoms with Crippen LogP contribution in [0.1, 0.15) is 34.1 Å². The molecule has 1 amide bonds. The number of amides is 1. The normalized spacial score (nSPS) is 20.0. The lowest BCUT2D eigenvalue weighted by atomic mass is 10.0. The summed E-state index contributed by atoms with van der Waals surface area (Å²) in [5.74, 6) is -2.66. The molecule has 0 unspecified atom stereocenters. The Morgan fingerprint density at radius 1 is 1.27 bits per heavy atom. The second-order valence-electron chi connectivity index (χ2n) is 6.15. The predicted molar refractivity (Wildman–Crippen MR) is 105 cm³/mol. The molecular formula is C22H19F2N3O3. The highest BCUT2D eigenvalue weighted by molar-refractivity contribution is 5.98. The Kier molecular flexibility index (Phi) is 3.28. The molecule has 0 saturated heterocycles. The van der Waals surface area contributed by atoms with Crippen LogP contribution in [0, 0.1) is 0 Å². The maximum atomic E-state index is 13.6. The zero-order valence-electron chi connectivity index (χ0n) is 23.5. The minimum atomic E-state index is -3.77. The molecule has 6 nitrogen and oxygen atoms in total. The van der Waals surface area contributed by atoms with Crippen LogP contribution in [0.15, 0.2) is 60.8 Å². The summed E-state index contributed by atoms with van der Waals surface area (Å²) in [5, 5.41) is 0. The van der Waals surface area contributed by atoms with Gasteiger partial charge in [0.2, 0.25) is 0 Å². The van der Waals surface area contributed by atoms with Crippen LogP contribution in [-0.4, -0.2) is 40.0 Å². The molecule has 0 radical (unpaired) electrons. The Labute approximate surface area is 183 Å². The number of ether oxygens (including phenoxy) is 2. The van der Waals surface area contributed by atoms with Crippen molar-refractivity contribution < 1.29 is 34.0 Å². The molecule has 0 fully saturated rings. The smallest absolute Gasteiger partial charge is 0.394 e. The highest BCUT2D eigenvalue weighted by Crippen LogP contribution is 2.31. The summed E-state index contributed by atoms with van der Waals surface area (Å²) in [7, 11) is 0. The van der Waals surface area contributed by atoms with Gasteiger partial charge in [0.15, 0.2) is 0 Å². The van der Waals surface area contributed by atoms with E-state index >= 15 is 0 Å². The number of hydrogen-bond donors (Lipinski definition) is 0. The van der Waals surface area contributed by atoms with Crippen LogP contribution in [0.25, 0.3) is 11.1 Å². The molecule has 30 heavy (non-hydrogen) atoms. The van der Waals surface area contributed by atoms with Gasteiger partial charge in [0.25, 0.3) is 5.91 Å². The van der Waals surface area contributed by atoms with Crippen molar-refractivity contribution in [1.82, 2.24) is 14.9 Å². The fourth-order valence-corrected chi connectivity index (χ4v) is 2.58. The van der Waals surface area contributed by atoms with Gasteiger partial charge >= 0.3 is 6.11 Å². The molecule has 8 heteroatoms. The van der Waals surface area contributed by atoms with Gasteiger partial charge in [-0.1, -0.05) is 18.2 Å². The van der Waals surface area contributed by atoms with E-state index in [2.05, 4.69) is 14.7 Å². The molecule has 1 aliphatic rings. The molecule has 1 aromatic heterocycles. The third-order valence-corrected chi connectivity index (χ3v) is 3.83. The SMILES string of the molecule is [2H]c1c([2H])c(-c2ccc3c(c2)C(=O)N(C([2H])([2H])c2ncccn2)CC([2H])([2H])O3)c([2H])c([2H])c1OC(C)(F)F. The number of alkyl halides is 2. The molecule has 0 saturated carbocycles. The summed E-state index contributed by atoms with van der Waals surface area (Å²) in [6.07, 6.45) is -1.27. The number of benzene rings is 2. The van der Waals surface area contributed by atoms with E-state index in [0.717, 1.165) is 12.1 Å². The molecule has 2 heterocycles. The van der Waals surface area contributed by atoms with E-state index in [4.69, 9.17) is 15.7 Å². The number of rotatable bonds is 5. The van der Waals surface area contributed by atoms with Gasteiger partial charge in [0.05, 0.1) is 29.6 Å². The largest absolute Gasteiger partial charge is 0.491 e. The minimum Gasteiger partial charge on any atom is -0.491 e. The van der Waals surface area contributed by atoms with E-state index in [9.17, 15) is 13.6 Å². The summed E-state index contributed by atoms with van der Waals surface area (Å²) in [6, 6.07) is 1.71. The number of hydrogen-bond acceptors (Lipinski definition) is 5. The summed E-state index contributed by atoms with van der Waals surface area (Å²) < 4.78 is 102. The first kappa shape index (κ1) is 12.2. The van der Waals surface area contributed by atoms with E-state index in [1.165, 1.54) is 24.5 Å². The second-order valence-corrected chi connectivity index (χ2v) is 6.15. The minimum absolute atomic E-state index is 0.0635. The van der Waals surface area contributed by atoms with Gasteiger partial charge in [0, 0.05) is 19.3 Å². The molecule has 0 spiro atoms. The molecule has 2 aromatic carbocycles. The first-order valence-electron chi connectivity index (χ1n) is 12.6. The molecule has 0 atom stereocenters. The summed E-state index contributed by atoms with van der Waals surface area (Å²) in [5.41, 5.74) is -0.761. The number of aromatic nitrogens is 2. The van der Waals surface area contributed by atoms with Crippen LogP contribution in [0.2, 0.25) is 0 Å². The van der Waals surface area contributed by atoms with Crippen molar-refractivity contribution in [2.24, 2.45) is 0 Å². The molecule has 4 rings (SSSR count). The number of carbonyl (C=O) groups is 1. The van der Waals surface area contributed by atoms with Crippen molar-refractivity contribution in [3.63, 3.8) is 0 Å². The van der Waals surface area contributed by atoms with Crippen molar-refractivity contribution in [3.8, 4) is 22.6 Å². The van der Waals surface area contributed by atoms with E-state index in [1.54, 1.807) is 0 Å². The Morgan fingerprint density at radius 3 is 2.70 bits per heavy atom. The number of fused-ring (bicyclic) bond motifs is 1. The quantitative estimate of drug-likeness (QED) is 0.621. The summed E-state index contributed by atoms with van der Waals surface area (Å²) >= 11 is 0. The number of halogens is 2. The molecular weight excluding hydrogens is 392 g/mol. The highest BCUT2D eigenvalue weighted by atomic mass is 19.3. The average Bonchev–Trinajstić information content (AvgIpc) is 2.94. The van der Waals surface area contributed by atoms with Gasteiger partial charge in [-0.3, -0.25) is 4.79 Å². The van der Waals surface area contributed by atoms with Crippen molar-refractivity contribution in [2.45, 2.75) is 19.5 Å². The molecule has 1 aliphatic heterocycles. The summed E-state index contributed by atoms with van der Waals surface area (Å²) in [4.78, 5) is 21.8. The first-order chi connectivity index (χ1) is 17.5. The Hall–Kier alpha value is -3.55. The third-order valence-electron chi connectivity index (χ3n) is 3.83. The molecule has 154 valence electrons. The number of carbonyl (C=O) groups excluding carboxylic acids is 1. The van der Waals surface area contributed by atoms with Gasteiger partial charge < -0.3 is 14.4 Å². The first-order valence-corrected chi connectivity index (χ1v) is 8.63. The standard InChI is InChI=1S/C22H19F2N3O3/c1-22(23,24)30-17-6-3-15(4-7-17)16-5-8-19-18(13-16)21(28)27(11-12-29-19)14-20-25-9-2-10-26-20/h2-10,13H,11-12,14H2,1H3/i3D,4D,6D,7D,12D2,14D2. The Bertz CT molecular complexity index is 1390. The maximum absolute atomic E-state index is 13.6. The fraction of sp³-hybridized carbons (Fsp3) is 0.227.